The number of pyridine rings is 2. The van der Waals surface area contributed by atoms with Crippen LogP contribution in [0.5, 0.6) is 0 Å². The number of amides is 6. The number of methoxy groups -OCH3 is 1. The molecule has 2 aliphatic heterocycles. The van der Waals surface area contributed by atoms with Gasteiger partial charge in [-0.3, -0.25) is 19.8 Å². The lowest BCUT2D eigenvalue weighted by atomic mass is 10.1. The van der Waals surface area contributed by atoms with Crippen LogP contribution in [0.25, 0.3) is 0 Å². The van der Waals surface area contributed by atoms with Crippen LogP contribution in [0.15, 0.2) is 85.2 Å². The van der Waals surface area contributed by atoms with E-state index in [9.17, 15) is 19.2 Å². The van der Waals surface area contributed by atoms with Crippen LogP contribution < -0.4 is 21.3 Å². The zero-order valence-corrected chi connectivity index (χ0v) is 36.2. The number of anilines is 4. The number of urea groups is 2. The molecule has 16 heteroatoms. The Morgan fingerprint density at radius 1 is 0.581 bits per heavy atom. The molecule has 16 nitrogen and oxygen atoms in total. The fourth-order valence-electron chi connectivity index (χ4n) is 6.62. The second-order valence-corrected chi connectivity index (χ2v) is 16.0. The number of ether oxygens (including phenoxy) is 2. The summed E-state index contributed by atoms with van der Waals surface area (Å²) < 4.78 is 10.2. The highest BCUT2D eigenvalue weighted by Crippen LogP contribution is 2.17. The summed E-state index contributed by atoms with van der Waals surface area (Å²) >= 11 is 0. The molecule has 4 aromatic rings. The molecule has 0 atom stereocenters. The van der Waals surface area contributed by atoms with Crippen LogP contribution in [0.4, 0.5) is 41.9 Å². The van der Waals surface area contributed by atoms with E-state index in [-0.39, 0.29) is 31.7 Å². The molecule has 2 aliphatic rings. The van der Waals surface area contributed by atoms with Crippen molar-refractivity contribution in [1.82, 2.24) is 29.6 Å². The molecule has 0 aliphatic carbocycles. The largest absolute Gasteiger partial charge is 0.453 e. The molecule has 0 saturated carbocycles. The molecule has 6 rings (SSSR count). The number of aryl methyl sites for hydroxylation is 2. The van der Waals surface area contributed by atoms with E-state index in [0.29, 0.717) is 37.6 Å². The van der Waals surface area contributed by atoms with Crippen LogP contribution in [0.2, 0.25) is 0 Å². The molecule has 2 fully saturated rings. The predicted octanol–water partition coefficient (Wildman–Crippen LogP) is 7.73. The minimum Gasteiger partial charge on any atom is -0.453 e. The Labute approximate surface area is 366 Å². The SMILES string of the molecule is C.COC(=O)N1CCN(CCc2cccc(NC(=O)Nc3ccc(C)nc3)c2)CC1.Cc1ccc(NC(=O)Nc2cccc(CCN3CCN(C(=O)OC(C)(C)C)CC3)c2)cn1. The Hall–Kier alpha value is -6.26. The van der Waals surface area contributed by atoms with Crippen LogP contribution >= 0.6 is 0 Å². The van der Waals surface area contributed by atoms with Gasteiger partial charge in [0.05, 0.1) is 30.9 Å². The molecule has 0 spiro atoms. The van der Waals surface area contributed by atoms with Crippen LogP contribution in [-0.2, 0) is 22.3 Å². The topological polar surface area (TPSA) is 174 Å². The van der Waals surface area contributed by atoms with Gasteiger partial charge in [0, 0.05) is 88.2 Å². The van der Waals surface area contributed by atoms with Crippen LogP contribution in [0, 0.1) is 13.8 Å². The molecular weight excluding hydrogens is 789 g/mol. The van der Waals surface area contributed by atoms with E-state index in [4.69, 9.17) is 9.47 Å². The maximum Gasteiger partial charge on any atom is 0.410 e. The zero-order valence-electron chi connectivity index (χ0n) is 36.2. The summed E-state index contributed by atoms with van der Waals surface area (Å²) in [5.74, 6) is 0. The first-order chi connectivity index (χ1) is 29.2. The van der Waals surface area contributed by atoms with Gasteiger partial charge in [-0.2, -0.15) is 0 Å². The van der Waals surface area contributed by atoms with Gasteiger partial charge < -0.3 is 40.5 Å². The molecule has 4 N–H and O–H groups in total. The van der Waals surface area contributed by atoms with E-state index >= 15 is 0 Å². The van der Waals surface area contributed by atoms with Gasteiger partial charge in [-0.25, -0.2) is 19.2 Å². The quantitative estimate of drug-likeness (QED) is 0.124. The molecular formula is C46H64N10O6. The third-order valence-electron chi connectivity index (χ3n) is 9.97. The molecule has 62 heavy (non-hydrogen) atoms. The Morgan fingerprint density at radius 3 is 1.35 bits per heavy atom. The van der Waals surface area contributed by atoms with Crippen molar-refractivity contribution in [2.75, 3.05) is 93.8 Å². The smallest absolute Gasteiger partial charge is 0.410 e. The van der Waals surface area contributed by atoms with Gasteiger partial charge in [0.2, 0.25) is 0 Å². The number of carbonyl (C=O) groups excluding carboxylic acids is 4. The van der Waals surface area contributed by atoms with Gasteiger partial charge in [0.25, 0.3) is 0 Å². The highest BCUT2D eigenvalue weighted by atomic mass is 16.6. The van der Waals surface area contributed by atoms with Crippen molar-refractivity contribution >= 4 is 47.0 Å². The number of aromatic nitrogens is 2. The molecule has 4 heterocycles. The summed E-state index contributed by atoms with van der Waals surface area (Å²) in [6, 6.07) is 22.4. The number of rotatable bonds is 10. The van der Waals surface area contributed by atoms with Crippen molar-refractivity contribution in [3.8, 4) is 0 Å². The first-order valence-corrected chi connectivity index (χ1v) is 20.7. The van der Waals surface area contributed by atoms with Crippen molar-refractivity contribution < 1.29 is 28.7 Å². The van der Waals surface area contributed by atoms with Gasteiger partial charge in [-0.15, -0.1) is 0 Å². The second-order valence-electron chi connectivity index (χ2n) is 16.0. The molecule has 6 amide bonds. The van der Waals surface area contributed by atoms with E-state index in [0.717, 1.165) is 86.0 Å². The number of hydrogen-bond acceptors (Lipinski definition) is 10. The van der Waals surface area contributed by atoms with Crippen molar-refractivity contribution in [2.24, 2.45) is 0 Å². The zero-order chi connectivity index (χ0) is 43.8. The number of carbonyl (C=O) groups is 4. The minimum absolute atomic E-state index is 0. The highest BCUT2D eigenvalue weighted by Gasteiger charge is 2.26. The van der Waals surface area contributed by atoms with Gasteiger partial charge in [-0.05, 0) is 107 Å². The number of piperazine rings is 2. The Bertz CT molecular complexity index is 2040. The second kappa shape index (κ2) is 23.7. The van der Waals surface area contributed by atoms with Crippen molar-refractivity contribution in [2.45, 2.75) is 60.5 Å². The average Bonchev–Trinajstić information content (AvgIpc) is 3.24. The van der Waals surface area contributed by atoms with Gasteiger partial charge in [0.15, 0.2) is 0 Å². The Morgan fingerprint density at radius 2 is 0.984 bits per heavy atom. The summed E-state index contributed by atoms with van der Waals surface area (Å²) in [6.07, 6.45) is 4.50. The maximum atomic E-state index is 12.3. The van der Waals surface area contributed by atoms with Gasteiger partial charge in [0.1, 0.15) is 5.60 Å². The Kier molecular flexibility index (Phi) is 18.5. The lowest BCUT2D eigenvalue weighted by Crippen LogP contribution is -2.50. The molecule has 334 valence electrons. The monoisotopic (exact) mass is 853 g/mol. The molecule has 0 bridgehead atoms. The van der Waals surface area contributed by atoms with E-state index < -0.39 is 5.60 Å². The first kappa shape index (κ1) is 48.4. The fourth-order valence-corrected chi connectivity index (χ4v) is 6.62. The van der Waals surface area contributed by atoms with E-state index in [2.05, 4.69) is 53.2 Å². The van der Waals surface area contributed by atoms with Crippen molar-refractivity contribution in [3.63, 3.8) is 0 Å². The molecule has 0 radical (unpaired) electrons. The summed E-state index contributed by atoms with van der Waals surface area (Å²) in [5.41, 5.74) is 6.41. The third-order valence-corrected chi connectivity index (χ3v) is 9.97. The molecule has 2 aromatic heterocycles. The number of nitrogens with zero attached hydrogens (tertiary/aromatic N) is 6. The standard InChI is InChI=1S/C24H33N5O3.C21H27N5O3.CH4/c1-18-8-9-21(17-25-18)27-22(30)26-20-7-5-6-19(16-20)10-11-28-12-14-29(15-13-28)23(31)32-24(2,3)4;1-16-6-7-19(15-22-16)24-20(27)23-18-5-3-4-17(14-18)8-9-25-10-12-26(13-11-25)21(28)29-2;/h5-9,16-17H,10-15H2,1-4H3,(H2,26,27,30);3-7,14-15H,8-13H2,1-2H3,(H2,23,24,27);1H4. The number of hydrogen-bond donors (Lipinski definition) is 4. The molecule has 2 saturated heterocycles. The number of benzene rings is 2. The first-order valence-electron chi connectivity index (χ1n) is 20.7. The average molecular weight is 853 g/mol. The highest BCUT2D eigenvalue weighted by molar-refractivity contribution is 6.00. The van der Waals surface area contributed by atoms with Crippen molar-refractivity contribution in [3.05, 3.63) is 108 Å². The number of nitrogens with one attached hydrogen (secondary N) is 4. The normalized spacial score (nSPS) is 14.3. The summed E-state index contributed by atoms with van der Waals surface area (Å²) in [4.78, 5) is 64.7. The summed E-state index contributed by atoms with van der Waals surface area (Å²) in [5, 5.41) is 11.3. The van der Waals surface area contributed by atoms with E-state index in [1.807, 2.05) is 95.3 Å². The van der Waals surface area contributed by atoms with Crippen LogP contribution in [0.3, 0.4) is 0 Å². The third kappa shape index (κ3) is 16.7. The van der Waals surface area contributed by atoms with Crippen LogP contribution in [0.1, 0.15) is 50.7 Å². The molecule has 2 aromatic carbocycles. The van der Waals surface area contributed by atoms with E-state index in [1.54, 1.807) is 22.2 Å². The van der Waals surface area contributed by atoms with E-state index in [1.165, 1.54) is 7.11 Å². The lowest BCUT2D eigenvalue weighted by Gasteiger charge is -2.35. The molecule has 0 unspecified atom stereocenters. The summed E-state index contributed by atoms with van der Waals surface area (Å²) in [7, 11) is 1.41. The summed E-state index contributed by atoms with van der Waals surface area (Å²) in [6.45, 7) is 17.3. The van der Waals surface area contributed by atoms with Crippen molar-refractivity contribution in [1.29, 1.82) is 0 Å². The van der Waals surface area contributed by atoms with Crippen LogP contribution in [-0.4, -0.2) is 132 Å². The fraction of sp³-hybridized carbons (Fsp3) is 0.435. The Balaban J connectivity index is 0.000000269. The van der Waals surface area contributed by atoms with Gasteiger partial charge >= 0.3 is 24.2 Å². The minimum atomic E-state index is -0.471. The lowest BCUT2D eigenvalue weighted by molar-refractivity contribution is 0.0146. The maximum absolute atomic E-state index is 12.3. The van der Waals surface area contributed by atoms with Gasteiger partial charge in [-0.1, -0.05) is 31.7 Å². The predicted molar refractivity (Wildman–Crippen MR) is 245 cm³/mol.